The van der Waals surface area contributed by atoms with Crippen LogP contribution in [0.25, 0.3) is 0 Å². The highest BCUT2D eigenvalue weighted by Crippen LogP contribution is 2.31. The van der Waals surface area contributed by atoms with Crippen LogP contribution in [-0.4, -0.2) is 23.5 Å². The Hall–Kier alpha value is -2.12. The molecule has 0 saturated carbocycles. The van der Waals surface area contributed by atoms with E-state index in [1.165, 1.54) is 11.1 Å². The zero-order valence-corrected chi connectivity index (χ0v) is 15.4. The van der Waals surface area contributed by atoms with Crippen molar-refractivity contribution in [2.24, 2.45) is 0 Å². The molecule has 0 radical (unpaired) electrons. The smallest absolute Gasteiger partial charge is 0.0400 e. The van der Waals surface area contributed by atoms with Gasteiger partial charge in [0.15, 0.2) is 0 Å². The normalized spacial score (nSPS) is 19.7. The van der Waals surface area contributed by atoms with Crippen LogP contribution in [0.3, 0.4) is 0 Å². The number of likely N-dealkylation sites (N-methyl/N-ethyl adjacent to an activating group) is 1. The quantitative estimate of drug-likeness (QED) is 0.619. The van der Waals surface area contributed by atoms with E-state index in [0.717, 1.165) is 25.9 Å². The van der Waals surface area contributed by atoms with E-state index in [2.05, 4.69) is 104 Å². The zero-order chi connectivity index (χ0) is 17.5. The fourth-order valence-electron chi connectivity index (χ4n) is 3.91. The standard InChI is InChI=1S/C24H29N/c1-3-25(24(2)18-11-6-12-19-24)20-17-23(21-13-7-4-8-14-21)22-15-9-5-10-16-22/h4-16,18,23H,3,17,19-20H2,1-2H3. The van der Waals surface area contributed by atoms with Gasteiger partial charge in [-0.1, -0.05) is 91.9 Å². The molecule has 0 fully saturated rings. The van der Waals surface area contributed by atoms with Gasteiger partial charge >= 0.3 is 0 Å². The van der Waals surface area contributed by atoms with Gasteiger partial charge in [0.05, 0.1) is 0 Å². The van der Waals surface area contributed by atoms with Crippen molar-refractivity contribution in [3.63, 3.8) is 0 Å². The third kappa shape index (κ3) is 4.29. The Bertz CT molecular complexity index is 662. The summed E-state index contributed by atoms with van der Waals surface area (Å²) in [7, 11) is 0. The molecular formula is C24H29N. The topological polar surface area (TPSA) is 3.24 Å². The van der Waals surface area contributed by atoms with Crippen LogP contribution in [0, 0.1) is 0 Å². The molecule has 0 N–H and O–H groups in total. The lowest BCUT2D eigenvalue weighted by molar-refractivity contribution is 0.151. The highest BCUT2D eigenvalue weighted by atomic mass is 15.2. The van der Waals surface area contributed by atoms with Crippen LogP contribution in [0.15, 0.2) is 85.0 Å². The molecule has 2 aromatic carbocycles. The second-order valence-corrected chi connectivity index (χ2v) is 7.09. The summed E-state index contributed by atoms with van der Waals surface area (Å²) in [6, 6.07) is 21.9. The Morgan fingerprint density at radius 2 is 1.52 bits per heavy atom. The molecule has 0 heterocycles. The van der Waals surface area contributed by atoms with Gasteiger partial charge in [0.25, 0.3) is 0 Å². The van der Waals surface area contributed by atoms with Crippen molar-refractivity contribution >= 4 is 0 Å². The number of allylic oxidation sites excluding steroid dienone is 2. The molecule has 25 heavy (non-hydrogen) atoms. The first-order valence-corrected chi connectivity index (χ1v) is 9.42. The molecule has 1 aliphatic carbocycles. The van der Waals surface area contributed by atoms with E-state index in [4.69, 9.17) is 0 Å². The monoisotopic (exact) mass is 331 g/mol. The van der Waals surface area contributed by atoms with Gasteiger partial charge in [0.1, 0.15) is 0 Å². The van der Waals surface area contributed by atoms with Gasteiger partial charge in [-0.2, -0.15) is 0 Å². The Labute approximate surface area is 152 Å². The predicted octanol–water partition coefficient (Wildman–Crippen LogP) is 5.81. The average Bonchev–Trinajstić information content (AvgIpc) is 2.67. The lowest BCUT2D eigenvalue weighted by Gasteiger charge is -2.40. The molecule has 130 valence electrons. The summed E-state index contributed by atoms with van der Waals surface area (Å²) in [5.41, 5.74) is 2.96. The number of hydrogen-bond donors (Lipinski definition) is 0. The van der Waals surface area contributed by atoms with Crippen molar-refractivity contribution in [1.82, 2.24) is 4.90 Å². The lowest BCUT2D eigenvalue weighted by atomic mass is 9.86. The maximum Gasteiger partial charge on any atom is 0.0400 e. The molecule has 0 saturated heterocycles. The molecule has 0 aliphatic heterocycles. The Balaban J connectivity index is 1.79. The summed E-state index contributed by atoms with van der Waals surface area (Å²) in [5.74, 6) is 0.447. The first-order valence-electron chi connectivity index (χ1n) is 9.42. The molecular weight excluding hydrogens is 302 g/mol. The summed E-state index contributed by atoms with van der Waals surface area (Å²) < 4.78 is 0. The maximum atomic E-state index is 2.62. The molecule has 2 aromatic rings. The molecule has 0 bridgehead atoms. The van der Waals surface area contributed by atoms with Gasteiger partial charge in [0.2, 0.25) is 0 Å². The van der Waals surface area contributed by atoms with E-state index in [-0.39, 0.29) is 5.54 Å². The van der Waals surface area contributed by atoms with Crippen LogP contribution in [0.1, 0.15) is 43.7 Å². The molecule has 0 amide bonds. The van der Waals surface area contributed by atoms with Gasteiger partial charge in [-0.25, -0.2) is 0 Å². The Morgan fingerprint density at radius 1 is 0.920 bits per heavy atom. The van der Waals surface area contributed by atoms with Crippen LogP contribution in [0.4, 0.5) is 0 Å². The number of hydrogen-bond acceptors (Lipinski definition) is 1. The Kier molecular flexibility index (Phi) is 5.88. The summed E-state index contributed by atoms with van der Waals surface area (Å²) in [5, 5.41) is 0. The number of benzene rings is 2. The second kappa shape index (κ2) is 8.31. The van der Waals surface area contributed by atoms with Crippen molar-refractivity contribution in [1.29, 1.82) is 0 Å². The predicted molar refractivity (Wildman–Crippen MR) is 108 cm³/mol. The van der Waals surface area contributed by atoms with E-state index in [9.17, 15) is 0 Å². The highest BCUT2D eigenvalue weighted by Gasteiger charge is 2.28. The van der Waals surface area contributed by atoms with Gasteiger partial charge in [0, 0.05) is 11.5 Å². The number of rotatable bonds is 7. The van der Waals surface area contributed by atoms with Crippen molar-refractivity contribution in [3.05, 3.63) is 96.1 Å². The first-order chi connectivity index (χ1) is 12.2. The van der Waals surface area contributed by atoms with Crippen LogP contribution in [-0.2, 0) is 0 Å². The molecule has 1 nitrogen and oxygen atoms in total. The maximum absolute atomic E-state index is 2.62. The first kappa shape index (κ1) is 17.7. The second-order valence-electron chi connectivity index (χ2n) is 7.09. The molecule has 1 aliphatic rings. The van der Waals surface area contributed by atoms with Gasteiger partial charge in [-0.05, 0) is 44.0 Å². The van der Waals surface area contributed by atoms with Crippen molar-refractivity contribution in [2.75, 3.05) is 13.1 Å². The summed E-state index contributed by atoms with van der Waals surface area (Å²) in [6.45, 7) is 6.80. The SMILES string of the molecule is CCN(CCC(c1ccccc1)c1ccccc1)C1(C)C=CC=CC1. The minimum atomic E-state index is 0.140. The lowest BCUT2D eigenvalue weighted by Crippen LogP contribution is -2.45. The van der Waals surface area contributed by atoms with Crippen LogP contribution in [0.5, 0.6) is 0 Å². The van der Waals surface area contributed by atoms with Gasteiger partial charge in [-0.3, -0.25) is 4.90 Å². The van der Waals surface area contributed by atoms with Crippen molar-refractivity contribution in [2.45, 2.75) is 38.1 Å². The molecule has 1 heteroatoms. The summed E-state index contributed by atoms with van der Waals surface area (Å²) in [4.78, 5) is 2.62. The van der Waals surface area contributed by atoms with E-state index < -0.39 is 0 Å². The van der Waals surface area contributed by atoms with Crippen LogP contribution < -0.4 is 0 Å². The average molecular weight is 332 g/mol. The van der Waals surface area contributed by atoms with Gasteiger partial charge < -0.3 is 0 Å². The fourth-order valence-corrected chi connectivity index (χ4v) is 3.91. The zero-order valence-electron chi connectivity index (χ0n) is 15.4. The molecule has 0 spiro atoms. The molecule has 0 aromatic heterocycles. The molecule has 1 unspecified atom stereocenters. The van der Waals surface area contributed by atoms with Gasteiger partial charge in [-0.15, -0.1) is 0 Å². The Morgan fingerprint density at radius 3 is 2.00 bits per heavy atom. The van der Waals surface area contributed by atoms with E-state index in [0.29, 0.717) is 5.92 Å². The van der Waals surface area contributed by atoms with Crippen LogP contribution in [0.2, 0.25) is 0 Å². The number of nitrogens with zero attached hydrogens (tertiary/aromatic N) is 1. The third-order valence-corrected chi connectivity index (χ3v) is 5.43. The van der Waals surface area contributed by atoms with Crippen molar-refractivity contribution in [3.8, 4) is 0 Å². The highest BCUT2D eigenvalue weighted by molar-refractivity contribution is 5.32. The van der Waals surface area contributed by atoms with E-state index >= 15 is 0 Å². The third-order valence-electron chi connectivity index (χ3n) is 5.43. The van der Waals surface area contributed by atoms with Crippen molar-refractivity contribution < 1.29 is 0 Å². The van der Waals surface area contributed by atoms with E-state index in [1.807, 2.05) is 0 Å². The minimum Gasteiger partial charge on any atom is -0.294 e. The van der Waals surface area contributed by atoms with E-state index in [1.54, 1.807) is 0 Å². The molecule has 3 rings (SSSR count). The fraction of sp³-hybridized carbons (Fsp3) is 0.333. The molecule has 1 atom stereocenters. The minimum absolute atomic E-state index is 0.140. The largest absolute Gasteiger partial charge is 0.294 e. The summed E-state index contributed by atoms with van der Waals surface area (Å²) in [6.07, 6.45) is 11.2. The van der Waals surface area contributed by atoms with Crippen LogP contribution >= 0.6 is 0 Å². The summed E-state index contributed by atoms with van der Waals surface area (Å²) >= 11 is 0.